The van der Waals surface area contributed by atoms with Gasteiger partial charge in [0.25, 0.3) is 0 Å². The van der Waals surface area contributed by atoms with Gasteiger partial charge in [-0.25, -0.2) is 4.98 Å². The topological polar surface area (TPSA) is 72.3 Å². The number of hydrogen-bond acceptors (Lipinski definition) is 5. The van der Waals surface area contributed by atoms with Crippen LogP contribution in [-0.2, 0) is 0 Å². The van der Waals surface area contributed by atoms with E-state index >= 15 is 0 Å². The van der Waals surface area contributed by atoms with Gasteiger partial charge in [0.1, 0.15) is 11.5 Å². The molecule has 2 aromatic carbocycles. The molecule has 4 aromatic rings. The summed E-state index contributed by atoms with van der Waals surface area (Å²) in [6.45, 7) is 3.36. The molecule has 0 amide bonds. The summed E-state index contributed by atoms with van der Waals surface area (Å²) in [5.74, 6) is 1.41. The lowest BCUT2D eigenvalue weighted by Gasteiger charge is -2.37. The maximum atomic E-state index is 6.53. The van der Waals surface area contributed by atoms with Crippen LogP contribution >= 0.6 is 23.2 Å². The van der Waals surface area contributed by atoms with Crippen molar-refractivity contribution in [2.45, 2.75) is 13.0 Å². The van der Waals surface area contributed by atoms with Gasteiger partial charge >= 0.3 is 0 Å². The van der Waals surface area contributed by atoms with Crippen LogP contribution in [0, 0.1) is 6.92 Å². The number of rotatable bonds is 3. The van der Waals surface area contributed by atoms with E-state index in [1.54, 1.807) is 4.52 Å². The normalized spacial score (nSPS) is 14.4. The molecule has 3 heterocycles. The third kappa shape index (κ3) is 3.13. The monoisotopic (exact) mass is 424 g/mol. The standard InChI is InChI=1S/C21H18Cl2N6/c1-12-25-20-18(13-6-8-14(22)9-7-13)19(16-4-2-3-5-17(16)23)27-29(20)21(26-12)28-10-15(24)11-28/h2-9,15H,10-11,24H2,1H3. The third-order valence-electron chi connectivity index (χ3n) is 5.03. The first-order valence-corrected chi connectivity index (χ1v) is 10.1. The fourth-order valence-electron chi connectivity index (χ4n) is 3.63. The van der Waals surface area contributed by atoms with E-state index in [2.05, 4.69) is 9.88 Å². The van der Waals surface area contributed by atoms with Gasteiger partial charge in [0.2, 0.25) is 5.95 Å². The Kier molecular flexibility index (Phi) is 4.42. The molecular formula is C21H18Cl2N6. The molecule has 1 saturated heterocycles. The lowest BCUT2D eigenvalue weighted by Crippen LogP contribution is -2.56. The SMILES string of the molecule is Cc1nc(N2CC(N)C2)n2nc(-c3ccccc3Cl)c(-c3ccc(Cl)cc3)c2n1. The van der Waals surface area contributed by atoms with Crippen molar-refractivity contribution < 1.29 is 0 Å². The van der Waals surface area contributed by atoms with Crippen LogP contribution in [0.15, 0.2) is 48.5 Å². The van der Waals surface area contributed by atoms with Crippen molar-refractivity contribution in [3.05, 3.63) is 64.4 Å². The molecule has 8 heteroatoms. The van der Waals surface area contributed by atoms with Gasteiger partial charge < -0.3 is 10.6 Å². The van der Waals surface area contributed by atoms with Crippen molar-refractivity contribution in [3.8, 4) is 22.4 Å². The fourth-order valence-corrected chi connectivity index (χ4v) is 3.98. The van der Waals surface area contributed by atoms with Crippen LogP contribution in [0.2, 0.25) is 10.0 Å². The molecule has 29 heavy (non-hydrogen) atoms. The quantitative estimate of drug-likeness (QED) is 0.532. The van der Waals surface area contributed by atoms with Gasteiger partial charge in [0.15, 0.2) is 5.65 Å². The second-order valence-corrected chi connectivity index (χ2v) is 8.03. The second kappa shape index (κ2) is 6.99. The van der Waals surface area contributed by atoms with Crippen LogP contribution in [0.1, 0.15) is 5.82 Å². The molecule has 0 unspecified atom stereocenters. The van der Waals surface area contributed by atoms with E-state index in [4.69, 9.17) is 39.0 Å². The number of halogens is 2. The maximum Gasteiger partial charge on any atom is 0.230 e. The van der Waals surface area contributed by atoms with Gasteiger partial charge in [0.05, 0.1) is 10.6 Å². The molecule has 0 spiro atoms. The largest absolute Gasteiger partial charge is 0.337 e. The van der Waals surface area contributed by atoms with Crippen LogP contribution in [-0.4, -0.2) is 38.7 Å². The smallest absolute Gasteiger partial charge is 0.230 e. The van der Waals surface area contributed by atoms with Crippen LogP contribution in [0.4, 0.5) is 5.95 Å². The van der Waals surface area contributed by atoms with Crippen molar-refractivity contribution in [2.24, 2.45) is 5.73 Å². The minimum absolute atomic E-state index is 0.148. The van der Waals surface area contributed by atoms with E-state index < -0.39 is 0 Å². The van der Waals surface area contributed by atoms with Crippen LogP contribution in [0.3, 0.4) is 0 Å². The van der Waals surface area contributed by atoms with Gasteiger partial charge in [-0.2, -0.15) is 14.6 Å². The summed E-state index contributed by atoms with van der Waals surface area (Å²) in [6.07, 6.45) is 0. The highest BCUT2D eigenvalue weighted by Gasteiger charge is 2.29. The number of hydrogen-bond donors (Lipinski definition) is 1. The number of aromatic nitrogens is 4. The number of aryl methyl sites for hydroxylation is 1. The molecule has 5 rings (SSSR count). The maximum absolute atomic E-state index is 6.53. The summed E-state index contributed by atoms with van der Waals surface area (Å²) in [4.78, 5) is 11.5. The second-order valence-electron chi connectivity index (χ2n) is 7.18. The summed E-state index contributed by atoms with van der Waals surface area (Å²) in [7, 11) is 0. The van der Waals surface area contributed by atoms with Gasteiger partial charge in [-0.15, -0.1) is 0 Å². The first-order chi connectivity index (χ1) is 14.0. The number of fused-ring (bicyclic) bond motifs is 1. The Labute approximate surface area is 177 Å². The summed E-state index contributed by atoms with van der Waals surface area (Å²) < 4.78 is 1.79. The number of nitrogens with two attached hydrogens (primary N) is 1. The van der Waals surface area contributed by atoms with E-state index in [0.717, 1.165) is 47.1 Å². The molecule has 6 nitrogen and oxygen atoms in total. The Morgan fingerprint density at radius 2 is 1.72 bits per heavy atom. The van der Waals surface area contributed by atoms with Crippen molar-refractivity contribution >= 4 is 34.8 Å². The minimum Gasteiger partial charge on any atom is -0.337 e. The molecule has 0 aliphatic carbocycles. The molecule has 146 valence electrons. The Bertz CT molecular complexity index is 1210. The first-order valence-electron chi connectivity index (χ1n) is 9.30. The number of anilines is 1. The van der Waals surface area contributed by atoms with Crippen molar-refractivity contribution in [1.29, 1.82) is 0 Å². The van der Waals surface area contributed by atoms with Crippen LogP contribution < -0.4 is 10.6 Å². The zero-order valence-electron chi connectivity index (χ0n) is 15.7. The highest BCUT2D eigenvalue weighted by atomic mass is 35.5. The summed E-state index contributed by atoms with van der Waals surface area (Å²) in [6, 6.07) is 15.5. The van der Waals surface area contributed by atoms with Gasteiger partial charge in [-0.05, 0) is 30.7 Å². The molecule has 1 fully saturated rings. The number of nitrogens with zero attached hydrogens (tertiary/aromatic N) is 5. The van der Waals surface area contributed by atoms with Crippen molar-refractivity contribution in [2.75, 3.05) is 18.0 Å². The Morgan fingerprint density at radius 3 is 2.41 bits per heavy atom. The summed E-state index contributed by atoms with van der Waals surface area (Å²) in [5.41, 5.74) is 10.2. The molecular weight excluding hydrogens is 407 g/mol. The third-order valence-corrected chi connectivity index (χ3v) is 5.62. The Morgan fingerprint density at radius 1 is 1.00 bits per heavy atom. The predicted molar refractivity (Wildman–Crippen MR) is 117 cm³/mol. The zero-order valence-corrected chi connectivity index (χ0v) is 17.2. The Balaban J connectivity index is 1.83. The van der Waals surface area contributed by atoms with Crippen LogP contribution in [0.25, 0.3) is 28.0 Å². The predicted octanol–water partition coefficient (Wildman–Crippen LogP) is 4.22. The first kappa shape index (κ1) is 18.4. The number of benzene rings is 2. The molecule has 0 bridgehead atoms. The highest BCUT2D eigenvalue weighted by molar-refractivity contribution is 6.33. The molecule has 2 N–H and O–H groups in total. The lowest BCUT2D eigenvalue weighted by molar-refractivity contribution is 0.502. The van der Waals surface area contributed by atoms with E-state index in [-0.39, 0.29) is 6.04 Å². The average molecular weight is 425 g/mol. The van der Waals surface area contributed by atoms with Gasteiger partial charge in [-0.3, -0.25) is 0 Å². The minimum atomic E-state index is 0.148. The molecule has 1 aliphatic heterocycles. The molecule has 2 aromatic heterocycles. The zero-order chi connectivity index (χ0) is 20.1. The van der Waals surface area contributed by atoms with Crippen molar-refractivity contribution in [1.82, 2.24) is 19.6 Å². The van der Waals surface area contributed by atoms with Crippen LogP contribution in [0.5, 0.6) is 0 Å². The van der Waals surface area contributed by atoms with E-state index in [0.29, 0.717) is 15.9 Å². The molecule has 0 atom stereocenters. The molecule has 0 radical (unpaired) electrons. The van der Waals surface area contributed by atoms with Crippen molar-refractivity contribution in [3.63, 3.8) is 0 Å². The van der Waals surface area contributed by atoms with E-state index in [9.17, 15) is 0 Å². The summed E-state index contributed by atoms with van der Waals surface area (Å²) in [5, 5.41) is 6.20. The van der Waals surface area contributed by atoms with E-state index in [1.807, 2.05) is 55.5 Å². The fraction of sp³-hybridized carbons (Fsp3) is 0.190. The summed E-state index contributed by atoms with van der Waals surface area (Å²) >= 11 is 12.6. The Hall–Kier alpha value is -2.67. The van der Waals surface area contributed by atoms with E-state index in [1.165, 1.54) is 0 Å². The molecule has 0 saturated carbocycles. The highest BCUT2D eigenvalue weighted by Crippen LogP contribution is 2.39. The lowest BCUT2D eigenvalue weighted by atomic mass is 10.0. The molecule has 1 aliphatic rings. The average Bonchev–Trinajstić information content (AvgIpc) is 3.05. The van der Waals surface area contributed by atoms with Gasteiger partial charge in [0, 0.05) is 29.7 Å². The van der Waals surface area contributed by atoms with Gasteiger partial charge in [-0.1, -0.05) is 53.5 Å².